The lowest BCUT2D eigenvalue weighted by atomic mass is 9.79. The van der Waals surface area contributed by atoms with Gasteiger partial charge in [-0.05, 0) is 73.0 Å². The fourth-order valence-electron chi connectivity index (χ4n) is 7.83. The molecule has 2 atom stereocenters. The maximum Gasteiger partial charge on any atom is 0.220 e. The van der Waals surface area contributed by atoms with Gasteiger partial charge in [-0.15, -0.1) is 0 Å². The van der Waals surface area contributed by atoms with E-state index in [1.54, 1.807) is 30.6 Å². The summed E-state index contributed by atoms with van der Waals surface area (Å²) in [6.45, 7) is 2.70. The molecule has 2 aromatic carbocycles. The highest BCUT2D eigenvalue weighted by Gasteiger charge is 2.47. The Hall–Kier alpha value is -4.99. The van der Waals surface area contributed by atoms with Gasteiger partial charge in [0, 0.05) is 63.3 Å². The zero-order valence-electron chi connectivity index (χ0n) is 29.3. The van der Waals surface area contributed by atoms with Gasteiger partial charge in [-0.2, -0.15) is 4.39 Å². The average molecular weight is 827 g/mol. The lowest BCUT2D eigenvalue weighted by molar-refractivity contribution is 0.0842. The molecule has 15 heteroatoms. The molecule has 0 bridgehead atoms. The number of ether oxygens (including phenoxy) is 5. The van der Waals surface area contributed by atoms with Crippen LogP contribution < -0.4 is 20.9 Å². The molecule has 12 nitrogen and oxygen atoms in total. The minimum absolute atomic E-state index is 0.266. The van der Waals surface area contributed by atoms with Crippen LogP contribution in [-0.2, 0) is 25.3 Å². The Bertz CT molecular complexity index is 2340. The predicted molar refractivity (Wildman–Crippen MR) is 207 cm³/mol. The molecule has 280 valence electrons. The van der Waals surface area contributed by atoms with Crippen LogP contribution in [0.15, 0.2) is 93.7 Å². The SMILES string of the molecule is NC1=N[C@@]2(COC1)c1cc(-c3cccnc3F)ccc1Oc1cnc(C3CCOCC3)cc12.NC1=N[C@@]2(COC1)c1cc(Br)ccc1Oc1cnc(Cl)cc12. The molecule has 55 heavy (non-hydrogen) atoms. The minimum Gasteiger partial charge on any atom is -0.455 e. The summed E-state index contributed by atoms with van der Waals surface area (Å²) >= 11 is 9.57. The van der Waals surface area contributed by atoms with Gasteiger partial charge in [0.05, 0.1) is 25.6 Å². The van der Waals surface area contributed by atoms with E-state index in [1.807, 2.05) is 36.4 Å². The Labute approximate surface area is 328 Å². The van der Waals surface area contributed by atoms with E-state index < -0.39 is 17.0 Å². The third-order valence-electron chi connectivity index (χ3n) is 10.4. The fourth-order valence-corrected chi connectivity index (χ4v) is 8.35. The number of benzene rings is 2. The molecule has 5 aromatic rings. The summed E-state index contributed by atoms with van der Waals surface area (Å²) in [7, 11) is 0. The van der Waals surface area contributed by atoms with Crippen molar-refractivity contribution in [1.82, 2.24) is 15.0 Å². The van der Waals surface area contributed by atoms with Gasteiger partial charge >= 0.3 is 0 Å². The molecule has 8 heterocycles. The van der Waals surface area contributed by atoms with Crippen molar-refractivity contribution in [2.75, 3.05) is 39.6 Å². The number of hydrogen-bond acceptors (Lipinski definition) is 12. The van der Waals surface area contributed by atoms with Gasteiger partial charge in [0.25, 0.3) is 0 Å². The second kappa shape index (κ2) is 14.3. The van der Waals surface area contributed by atoms with Crippen molar-refractivity contribution in [2.24, 2.45) is 21.5 Å². The van der Waals surface area contributed by atoms with E-state index in [4.69, 9.17) is 61.7 Å². The first-order valence-electron chi connectivity index (χ1n) is 17.7. The number of pyridine rings is 3. The number of nitrogens with two attached hydrogens (primary N) is 2. The fraction of sp³-hybridized carbons (Fsp3) is 0.275. The van der Waals surface area contributed by atoms with Crippen LogP contribution in [0.2, 0.25) is 5.15 Å². The Morgan fingerprint density at radius 3 is 2.00 bits per heavy atom. The van der Waals surface area contributed by atoms with Crippen LogP contribution in [0.3, 0.4) is 0 Å². The van der Waals surface area contributed by atoms with Crippen molar-refractivity contribution < 1.29 is 28.1 Å². The summed E-state index contributed by atoms with van der Waals surface area (Å²) in [5.74, 6) is 3.20. The predicted octanol–water partition coefficient (Wildman–Crippen LogP) is 7.15. The summed E-state index contributed by atoms with van der Waals surface area (Å²) in [5, 5.41) is 0.375. The molecule has 0 unspecified atom stereocenters. The van der Waals surface area contributed by atoms with E-state index >= 15 is 0 Å². The summed E-state index contributed by atoms with van der Waals surface area (Å²) in [4.78, 5) is 22.2. The number of halogens is 3. The largest absolute Gasteiger partial charge is 0.455 e. The van der Waals surface area contributed by atoms with Crippen LogP contribution >= 0.6 is 27.5 Å². The van der Waals surface area contributed by atoms with Crippen molar-refractivity contribution in [3.05, 3.63) is 123 Å². The molecule has 2 spiro atoms. The van der Waals surface area contributed by atoms with E-state index in [9.17, 15) is 4.39 Å². The number of hydrogen-bond donors (Lipinski definition) is 2. The molecule has 5 aliphatic heterocycles. The van der Waals surface area contributed by atoms with Gasteiger partial charge in [0.15, 0.2) is 11.5 Å². The van der Waals surface area contributed by atoms with Crippen molar-refractivity contribution in [1.29, 1.82) is 0 Å². The molecule has 0 amide bonds. The number of nitrogens with zero attached hydrogens (tertiary/aromatic N) is 5. The number of rotatable bonds is 2. The monoisotopic (exact) mass is 825 g/mol. The molecular formula is C40H34BrClFN7O5. The molecule has 3 aromatic heterocycles. The molecule has 0 saturated carbocycles. The molecule has 4 N–H and O–H groups in total. The van der Waals surface area contributed by atoms with E-state index in [1.165, 1.54) is 6.20 Å². The number of aromatic nitrogens is 3. The topological polar surface area (TPSA) is 162 Å². The van der Waals surface area contributed by atoms with Crippen molar-refractivity contribution in [2.45, 2.75) is 29.8 Å². The maximum absolute atomic E-state index is 14.5. The van der Waals surface area contributed by atoms with Gasteiger partial charge in [0.1, 0.15) is 52.6 Å². The number of aliphatic imine (C=N–C) groups is 2. The highest BCUT2D eigenvalue weighted by molar-refractivity contribution is 9.10. The van der Waals surface area contributed by atoms with Crippen LogP contribution in [0, 0.1) is 5.95 Å². The molecule has 0 radical (unpaired) electrons. The molecule has 10 rings (SSSR count). The molecule has 0 aliphatic carbocycles. The van der Waals surface area contributed by atoms with E-state index in [-0.39, 0.29) is 6.61 Å². The van der Waals surface area contributed by atoms with Crippen LogP contribution in [-0.4, -0.2) is 66.3 Å². The lowest BCUT2D eigenvalue weighted by Crippen LogP contribution is -2.42. The second-order valence-electron chi connectivity index (χ2n) is 13.8. The lowest BCUT2D eigenvalue weighted by Gasteiger charge is -2.39. The molecule has 5 aliphatic rings. The first-order valence-corrected chi connectivity index (χ1v) is 18.9. The Morgan fingerprint density at radius 1 is 0.709 bits per heavy atom. The Kier molecular flexibility index (Phi) is 9.25. The Morgan fingerprint density at radius 2 is 1.33 bits per heavy atom. The van der Waals surface area contributed by atoms with Crippen LogP contribution in [0.1, 0.15) is 46.7 Å². The van der Waals surface area contributed by atoms with E-state index in [0.29, 0.717) is 76.7 Å². The van der Waals surface area contributed by atoms with Crippen molar-refractivity contribution in [3.8, 4) is 34.1 Å². The standard InChI is InChI=1S/C25H23FN4O3.C15H11BrClN3O2/c26-24-17(2-1-7-28-24)16-3-4-21-18(10-16)25(14-32-13-23(27)30-25)19-11-20(29-12-22(19)33-21)15-5-8-31-9-6-15;16-8-1-2-11-9(3-8)15(7-21-6-14(18)20-15)10-4-13(17)19-5-12(10)22-11/h1-4,7,10-12,15H,5-6,8-9,13-14H2,(H2,27,30);1-5H,6-7H2,(H2,18,20)/t25-;15-/m00/s1. The van der Waals surface area contributed by atoms with Crippen molar-refractivity contribution in [3.63, 3.8) is 0 Å². The summed E-state index contributed by atoms with van der Waals surface area (Å²) < 4.78 is 44.7. The van der Waals surface area contributed by atoms with Gasteiger partial charge in [-0.25, -0.2) is 9.97 Å². The third kappa shape index (κ3) is 6.41. The zero-order valence-corrected chi connectivity index (χ0v) is 31.6. The summed E-state index contributed by atoms with van der Waals surface area (Å²) in [6, 6.07) is 18.6. The van der Waals surface area contributed by atoms with Crippen molar-refractivity contribution >= 4 is 39.2 Å². The zero-order chi connectivity index (χ0) is 37.7. The number of amidine groups is 2. The first-order chi connectivity index (χ1) is 26.7. The quantitative estimate of drug-likeness (QED) is 0.175. The van der Waals surface area contributed by atoms with Crippen LogP contribution in [0.5, 0.6) is 23.0 Å². The van der Waals surface area contributed by atoms with E-state index in [2.05, 4.69) is 32.0 Å². The highest BCUT2D eigenvalue weighted by atomic mass is 79.9. The minimum atomic E-state index is -0.900. The number of fused-ring (bicyclic) bond motifs is 8. The van der Waals surface area contributed by atoms with Gasteiger partial charge in [0.2, 0.25) is 5.95 Å². The van der Waals surface area contributed by atoms with E-state index in [0.717, 1.165) is 58.5 Å². The second-order valence-corrected chi connectivity index (χ2v) is 15.1. The van der Waals surface area contributed by atoms with Crippen LogP contribution in [0.4, 0.5) is 4.39 Å². The maximum atomic E-state index is 14.5. The highest BCUT2D eigenvalue weighted by Crippen LogP contribution is 2.53. The molecular weight excluding hydrogens is 793 g/mol. The van der Waals surface area contributed by atoms with Gasteiger partial charge in [-0.1, -0.05) is 33.6 Å². The normalized spacial score (nSPS) is 22.4. The van der Waals surface area contributed by atoms with Gasteiger partial charge in [-0.3, -0.25) is 15.0 Å². The smallest absolute Gasteiger partial charge is 0.220 e. The summed E-state index contributed by atoms with van der Waals surface area (Å²) in [5.41, 5.74) is 15.9. The first kappa shape index (κ1) is 35.7. The average Bonchev–Trinajstić information content (AvgIpc) is 3.20. The Balaban J connectivity index is 0.000000157. The third-order valence-corrected chi connectivity index (χ3v) is 11.1. The molecule has 1 fully saturated rings. The van der Waals surface area contributed by atoms with Gasteiger partial charge < -0.3 is 35.2 Å². The van der Waals surface area contributed by atoms with Crippen LogP contribution in [0.25, 0.3) is 11.1 Å². The molecule has 1 saturated heterocycles. The summed E-state index contributed by atoms with van der Waals surface area (Å²) in [6.07, 6.45) is 6.64.